The van der Waals surface area contributed by atoms with Gasteiger partial charge in [0.05, 0.1) is 5.75 Å². The fraction of sp³-hybridized carbons (Fsp3) is 0.500. The topological polar surface area (TPSA) is 78.5 Å². The zero-order valence-corrected chi connectivity index (χ0v) is 12.9. The SMILES string of the molecule is Cc1ccccc1C(=O)NCCS(=O)(=O)N1CCNCC1. The average Bonchev–Trinajstić information content (AvgIpc) is 2.48. The highest BCUT2D eigenvalue weighted by atomic mass is 32.2. The number of hydrogen-bond donors (Lipinski definition) is 2. The van der Waals surface area contributed by atoms with Gasteiger partial charge in [-0.3, -0.25) is 4.79 Å². The Morgan fingerprint density at radius 3 is 2.62 bits per heavy atom. The lowest BCUT2D eigenvalue weighted by Gasteiger charge is -2.26. The van der Waals surface area contributed by atoms with E-state index in [2.05, 4.69) is 10.6 Å². The highest BCUT2D eigenvalue weighted by Crippen LogP contribution is 2.07. The lowest BCUT2D eigenvalue weighted by molar-refractivity contribution is 0.0955. The number of benzene rings is 1. The molecule has 1 aliphatic rings. The first-order valence-electron chi connectivity index (χ1n) is 7.03. The monoisotopic (exact) mass is 311 g/mol. The summed E-state index contributed by atoms with van der Waals surface area (Å²) < 4.78 is 25.7. The number of rotatable bonds is 5. The van der Waals surface area contributed by atoms with Gasteiger partial charge in [0.2, 0.25) is 10.0 Å². The molecular formula is C14H21N3O3S. The van der Waals surface area contributed by atoms with E-state index >= 15 is 0 Å². The number of piperazine rings is 1. The number of sulfonamides is 1. The van der Waals surface area contributed by atoms with Crippen LogP contribution < -0.4 is 10.6 Å². The molecule has 2 rings (SSSR count). The van der Waals surface area contributed by atoms with Crippen molar-refractivity contribution in [2.75, 3.05) is 38.5 Å². The summed E-state index contributed by atoms with van der Waals surface area (Å²) in [6, 6.07) is 7.24. The zero-order valence-electron chi connectivity index (χ0n) is 12.1. The molecule has 0 aromatic heterocycles. The third-order valence-corrected chi connectivity index (χ3v) is 5.38. The molecule has 2 N–H and O–H groups in total. The quantitative estimate of drug-likeness (QED) is 0.800. The van der Waals surface area contributed by atoms with E-state index in [1.54, 1.807) is 12.1 Å². The van der Waals surface area contributed by atoms with Crippen LogP contribution in [0.25, 0.3) is 0 Å². The molecule has 116 valence electrons. The molecule has 6 nitrogen and oxygen atoms in total. The number of carbonyl (C=O) groups is 1. The number of amides is 1. The molecule has 7 heteroatoms. The normalized spacial score (nSPS) is 16.6. The maximum absolute atomic E-state index is 12.1. The van der Waals surface area contributed by atoms with Crippen LogP contribution in [0.1, 0.15) is 15.9 Å². The van der Waals surface area contributed by atoms with Crippen molar-refractivity contribution in [1.82, 2.24) is 14.9 Å². The first kappa shape index (κ1) is 15.9. The Labute approximate surface area is 125 Å². The Kier molecular flexibility index (Phi) is 5.33. The van der Waals surface area contributed by atoms with E-state index in [-0.39, 0.29) is 18.2 Å². The Balaban J connectivity index is 1.86. The summed E-state index contributed by atoms with van der Waals surface area (Å²) in [5, 5.41) is 5.79. The van der Waals surface area contributed by atoms with Gasteiger partial charge in [0.1, 0.15) is 0 Å². The van der Waals surface area contributed by atoms with Gasteiger partial charge in [0, 0.05) is 38.3 Å². The summed E-state index contributed by atoms with van der Waals surface area (Å²) in [4.78, 5) is 12.0. The van der Waals surface area contributed by atoms with Crippen LogP contribution in [0.15, 0.2) is 24.3 Å². The highest BCUT2D eigenvalue weighted by molar-refractivity contribution is 7.89. The van der Waals surface area contributed by atoms with Crippen LogP contribution in [0, 0.1) is 6.92 Å². The molecule has 0 radical (unpaired) electrons. The molecule has 0 atom stereocenters. The number of hydrogen-bond acceptors (Lipinski definition) is 4. The Bertz CT molecular complexity index is 595. The molecule has 1 amide bonds. The van der Waals surface area contributed by atoms with Crippen LogP contribution in [0.2, 0.25) is 0 Å². The van der Waals surface area contributed by atoms with Gasteiger partial charge in [-0.15, -0.1) is 0 Å². The van der Waals surface area contributed by atoms with Gasteiger partial charge in [0.25, 0.3) is 5.91 Å². The molecule has 1 heterocycles. The summed E-state index contributed by atoms with van der Waals surface area (Å²) in [5.41, 5.74) is 1.46. The van der Waals surface area contributed by atoms with Gasteiger partial charge in [-0.25, -0.2) is 8.42 Å². The molecule has 0 unspecified atom stereocenters. The van der Waals surface area contributed by atoms with Crippen LogP contribution in [-0.4, -0.2) is 57.1 Å². The van der Waals surface area contributed by atoms with Crippen LogP contribution >= 0.6 is 0 Å². The molecule has 21 heavy (non-hydrogen) atoms. The minimum atomic E-state index is -3.29. The highest BCUT2D eigenvalue weighted by Gasteiger charge is 2.23. The Hall–Kier alpha value is -1.44. The van der Waals surface area contributed by atoms with Crippen molar-refractivity contribution in [1.29, 1.82) is 0 Å². The van der Waals surface area contributed by atoms with Crippen molar-refractivity contribution in [2.24, 2.45) is 0 Å². The van der Waals surface area contributed by atoms with Gasteiger partial charge >= 0.3 is 0 Å². The van der Waals surface area contributed by atoms with Crippen molar-refractivity contribution in [2.45, 2.75) is 6.92 Å². The number of carbonyl (C=O) groups excluding carboxylic acids is 1. The number of nitrogens with zero attached hydrogens (tertiary/aromatic N) is 1. The second kappa shape index (κ2) is 7.02. The molecule has 0 bridgehead atoms. The van der Waals surface area contributed by atoms with Crippen molar-refractivity contribution in [3.05, 3.63) is 35.4 Å². The van der Waals surface area contributed by atoms with Crippen molar-refractivity contribution >= 4 is 15.9 Å². The summed E-state index contributed by atoms with van der Waals surface area (Å²) in [6.45, 7) is 4.32. The van der Waals surface area contributed by atoms with E-state index in [9.17, 15) is 13.2 Å². The third-order valence-electron chi connectivity index (χ3n) is 3.50. The van der Waals surface area contributed by atoms with Crippen LogP contribution in [0.3, 0.4) is 0 Å². The van der Waals surface area contributed by atoms with Gasteiger partial charge < -0.3 is 10.6 Å². The zero-order chi connectivity index (χ0) is 15.3. The summed E-state index contributed by atoms with van der Waals surface area (Å²) in [7, 11) is -3.29. The van der Waals surface area contributed by atoms with Gasteiger partial charge in [-0.1, -0.05) is 18.2 Å². The van der Waals surface area contributed by atoms with Crippen LogP contribution in [0.5, 0.6) is 0 Å². The van der Waals surface area contributed by atoms with Gasteiger partial charge in [0.15, 0.2) is 0 Å². The van der Waals surface area contributed by atoms with Crippen molar-refractivity contribution in [3.63, 3.8) is 0 Å². The molecule has 0 aliphatic carbocycles. The summed E-state index contributed by atoms with van der Waals surface area (Å²) in [5.74, 6) is -0.298. The lowest BCUT2D eigenvalue weighted by Crippen LogP contribution is -2.48. The molecule has 1 fully saturated rings. The minimum absolute atomic E-state index is 0.0649. The molecule has 1 aromatic carbocycles. The van der Waals surface area contributed by atoms with E-state index < -0.39 is 10.0 Å². The first-order chi connectivity index (χ1) is 10.0. The summed E-state index contributed by atoms with van der Waals surface area (Å²) in [6.07, 6.45) is 0. The Morgan fingerprint density at radius 1 is 1.29 bits per heavy atom. The van der Waals surface area contributed by atoms with Gasteiger partial charge in [-0.2, -0.15) is 4.31 Å². The number of nitrogens with one attached hydrogen (secondary N) is 2. The maximum atomic E-state index is 12.1. The average molecular weight is 311 g/mol. The molecule has 1 aliphatic heterocycles. The third kappa shape index (κ3) is 4.26. The van der Waals surface area contributed by atoms with Crippen molar-refractivity contribution in [3.8, 4) is 0 Å². The molecular weight excluding hydrogens is 290 g/mol. The minimum Gasteiger partial charge on any atom is -0.351 e. The predicted octanol–water partition coefficient (Wildman–Crippen LogP) is -0.0402. The number of aryl methyl sites for hydroxylation is 1. The molecule has 1 aromatic rings. The van der Waals surface area contributed by atoms with E-state index in [1.165, 1.54) is 4.31 Å². The molecule has 0 saturated carbocycles. The molecule has 0 spiro atoms. The fourth-order valence-corrected chi connectivity index (χ4v) is 3.63. The second-order valence-electron chi connectivity index (χ2n) is 5.04. The molecule has 1 saturated heterocycles. The van der Waals surface area contributed by atoms with E-state index in [4.69, 9.17) is 0 Å². The maximum Gasteiger partial charge on any atom is 0.251 e. The lowest BCUT2D eigenvalue weighted by atomic mass is 10.1. The summed E-state index contributed by atoms with van der Waals surface area (Å²) >= 11 is 0. The van der Waals surface area contributed by atoms with E-state index in [0.717, 1.165) is 5.56 Å². The van der Waals surface area contributed by atoms with Crippen LogP contribution in [0.4, 0.5) is 0 Å². The fourth-order valence-electron chi connectivity index (χ4n) is 2.27. The first-order valence-corrected chi connectivity index (χ1v) is 8.64. The van der Waals surface area contributed by atoms with Crippen LogP contribution in [-0.2, 0) is 10.0 Å². The second-order valence-corrected chi connectivity index (χ2v) is 7.12. The standard InChI is InChI=1S/C14H21N3O3S/c1-12-4-2-3-5-13(12)14(18)16-8-11-21(19,20)17-9-6-15-7-10-17/h2-5,15H,6-11H2,1H3,(H,16,18). The smallest absolute Gasteiger partial charge is 0.251 e. The van der Waals surface area contributed by atoms with E-state index in [1.807, 2.05) is 19.1 Å². The van der Waals surface area contributed by atoms with Crippen molar-refractivity contribution < 1.29 is 13.2 Å². The largest absolute Gasteiger partial charge is 0.351 e. The Morgan fingerprint density at radius 2 is 1.95 bits per heavy atom. The van der Waals surface area contributed by atoms with E-state index in [0.29, 0.717) is 31.7 Å². The predicted molar refractivity (Wildman–Crippen MR) is 81.7 cm³/mol. The van der Waals surface area contributed by atoms with Gasteiger partial charge in [-0.05, 0) is 18.6 Å².